The van der Waals surface area contributed by atoms with Gasteiger partial charge in [-0.25, -0.2) is 4.98 Å². The van der Waals surface area contributed by atoms with E-state index < -0.39 is 11.5 Å². The number of anilines is 1. The van der Waals surface area contributed by atoms with Gasteiger partial charge in [0.2, 0.25) is 0 Å². The molecule has 4 rings (SSSR count). The van der Waals surface area contributed by atoms with E-state index in [0.717, 1.165) is 43.0 Å². The number of carboxylic acids is 1. The van der Waals surface area contributed by atoms with Crippen molar-refractivity contribution >= 4 is 11.7 Å². The van der Waals surface area contributed by atoms with Crippen LogP contribution in [0.5, 0.6) is 0 Å². The molecule has 0 spiro atoms. The van der Waals surface area contributed by atoms with Crippen molar-refractivity contribution in [1.29, 1.82) is 0 Å². The molecule has 3 N–H and O–H groups in total. The van der Waals surface area contributed by atoms with Gasteiger partial charge >= 0.3 is 5.97 Å². The number of carboxylic acid groups (broad SMARTS) is 1. The molecular formula is C22H26N6O2. The van der Waals surface area contributed by atoms with Crippen molar-refractivity contribution in [2.75, 3.05) is 25.0 Å². The van der Waals surface area contributed by atoms with Gasteiger partial charge in [-0.2, -0.15) is 5.10 Å². The van der Waals surface area contributed by atoms with Gasteiger partial charge in [0, 0.05) is 43.3 Å². The van der Waals surface area contributed by atoms with Crippen LogP contribution in [0.15, 0.2) is 54.9 Å². The molecule has 8 heteroatoms. The van der Waals surface area contributed by atoms with Crippen molar-refractivity contribution in [2.24, 2.45) is 5.92 Å². The first-order chi connectivity index (χ1) is 14.6. The SMILES string of the molecule is CC(CN1CCC(Nc2ccccc2)(c2nc(-c3ccncc3)n[nH]2)CC1)C(=O)O. The Morgan fingerprint density at radius 3 is 2.57 bits per heavy atom. The third-order valence-corrected chi connectivity index (χ3v) is 5.70. The van der Waals surface area contributed by atoms with Crippen molar-refractivity contribution < 1.29 is 9.90 Å². The Bertz CT molecular complexity index is 968. The maximum Gasteiger partial charge on any atom is 0.307 e. The molecule has 8 nitrogen and oxygen atoms in total. The highest BCUT2D eigenvalue weighted by Gasteiger charge is 2.39. The first-order valence-corrected chi connectivity index (χ1v) is 10.2. The lowest BCUT2D eigenvalue weighted by Crippen LogP contribution is -2.49. The topological polar surface area (TPSA) is 107 Å². The highest BCUT2D eigenvalue weighted by atomic mass is 16.4. The van der Waals surface area contributed by atoms with Crippen LogP contribution in [0.2, 0.25) is 0 Å². The van der Waals surface area contributed by atoms with Crippen LogP contribution in [0.1, 0.15) is 25.6 Å². The van der Waals surface area contributed by atoms with Crippen molar-refractivity contribution in [1.82, 2.24) is 25.1 Å². The van der Waals surface area contributed by atoms with E-state index in [1.807, 2.05) is 42.5 Å². The maximum atomic E-state index is 11.2. The van der Waals surface area contributed by atoms with E-state index in [0.29, 0.717) is 12.4 Å². The zero-order chi connectivity index (χ0) is 21.0. The van der Waals surface area contributed by atoms with E-state index in [1.165, 1.54) is 0 Å². The van der Waals surface area contributed by atoms with Crippen LogP contribution in [-0.2, 0) is 10.3 Å². The highest BCUT2D eigenvalue weighted by Crippen LogP contribution is 2.35. The van der Waals surface area contributed by atoms with Gasteiger partial charge in [-0.05, 0) is 37.1 Å². The molecule has 30 heavy (non-hydrogen) atoms. The van der Waals surface area contributed by atoms with Crippen LogP contribution in [0.3, 0.4) is 0 Å². The second kappa shape index (κ2) is 8.62. The fourth-order valence-electron chi connectivity index (χ4n) is 3.91. The van der Waals surface area contributed by atoms with Gasteiger partial charge < -0.3 is 15.3 Å². The van der Waals surface area contributed by atoms with Crippen molar-refractivity contribution in [2.45, 2.75) is 25.3 Å². The predicted molar refractivity (Wildman–Crippen MR) is 114 cm³/mol. The molecule has 1 unspecified atom stereocenters. The van der Waals surface area contributed by atoms with Gasteiger partial charge in [0.05, 0.1) is 11.5 Å². The van der Waals surface area contributed by atoms with Crippen LogP contribution in [0.4, 0.5) is 5.69 Å². The number of aromatic amines is 1. The number of piperidine rings is 1. The molecule has 1 saturated heterocycles. The Morgan fingerprint density at radius 2 is 1.90 bits per heavy atom. The van der Waals surface area contributed by atoms with Crippen LogP contribution in [0.25, 0.3) is 11.4 Å². The summed E-state index contributed by atoms with van der Waals surface area (Å²) in [5.41, 5.74) is 1.53. The van der Waals surface area contributed by atoms with E-state index in [9.17, 15) is 9.90 Å². The minimum Gasteiger partial charge on any atom is -0.481 e. The standard InChI is InChI=1S/C22H26N6O2/c1-16(20(29)30)15-28-13-9-22(10-14-28,25-18-5-3-2-4-6-18)21-24-19(26-27-21)17-7-11-23-12-8-17/h2-8,11-12,16,25H,9-10,13-15H2,1H3,(H,29,30)(H,24,26,27). The second-order valence-electron chi connectivity index (χ2n) is 7.86. The molecule has 156 valence electrons. The largest absolute Gasteiger partial charge is 0.481 e. The fraction of sp³-hybridized carbons (Fsp3) is 0.364. The summed E-state index contributed by atoms with van der Waals surface area (Å²) in [6.45, 7) is 3.87. The van der Waals surface area contributed by atoms with Gasteiger partial charge in [0.1, 0.15) is 0 Å². The number of carbonyl (C=O) groups is 1. The van der Waals surface area contributed by atoms with Gasteiger partial charge in [-0.3, -0.25) is 14.9 Å². The molecule has 1 aliphatic rings. The molecule has 1 aromatic carbocycles. The number of nitrogens with one attached hydrogen (secondary N) is 2. The van der Waals surface area contributed by atoms with Gasteiger partial charge in [-0.15, -0.1) is 0 Å². The summed E-state index contributed by atoms with van der Waals surface area (Å²) in [5, 5.41) is 20.5. The lowest BCUT2D eigenvalue weighted by molar-refractivity contribution is -0.141. The van der Waals surface area contributed by atoms with E-state index in [1.54, 1.807) is 19.3 Å². The third-order valence-electron chi connectivity index (χ3n) is 5.70. The number of H-pyrrole nitrogens is 1. The van der Waals surface area contributed by atoms with E-state index >= 15 is 0 Å². The number of pyridine rings is 1. The number of aliphatic carboxylic acids is 1. The van der Waals surface area contributed by atoms with Gasteiger partial charge in [0.25, 0.3) is 0 Å². The lowest BCUT2D eigenvalue weighted by atomic mass is 9.85. The first-order valence-electron chi connectivity index (χ1n) is 10.2. The normalized spacial score (nSPS) is 17.4. The minimum atomic E-state index is -0.758. The zero-order valence-corrected chi connectivity index (χ0v) is 17.0. The van der Waals surface area contributed by atoms with Gasteiger partial charge in [-0.1, -0.05) is 25.1 Å². The number of hydrogen-bond donors (Lipinski definition) is 3. The summed E-state index contributed by atoms with van der Waals surface area (Å²) >= 11 is 0. The molecule has 0 aliphatic carbocycles. The number of nitrogens with zero attached hydrogens (tertiary/aromatic N) is 4. The second-order valence-corrected chi connectivity index (χ2v) is 7.86. The Kier molecular flexibility index (Phi) is 5.76. The molecule has 0 radical (unpaired) electrons. The number of rotatable bonds is 7. The summed E-state index contributed by atoms with van der Waals surface area (Å²) in [6, 6.07) is 13.9. The lowest BCUT2D eigenvalue weighted by Gasteiger charge is -2.42. The number of benzene rings is 1. The Hall–Kier alpha value is -3.26. The van der Waals surface area contributed by atoms with E-state index in [4.69, 9.17) is 4.98 Å². The number of hydrogen-bond acceptors (Lipinski definition) is 6. The Morgan fingerprint density at radius 1 is 1.20 bits per heavy atom. The molecule has 0 amide bonds. The Labute approximate surface area is 175 Å². The molecule has 3 aromatic rings. The Balaban J connectivity index is 1.58. The summed E-state index contributed by atoms with van der Waals surface area (Å²) in [6.07, 6.45) is 5.04. The maximum absolute atomic E-state index is 11.2. The van der Waals surface area contributed by atoms with Crippen molar-refractivity contribution in [3.63, 3.8) is 0 Å². The van der Waals surface area contributed by atoms with Crippen LogP contribution in [-0.4, -0.2) is 55.8 Å². The smallest absolute Gasteiger partial charge is 0.307 e. The quantitative estimate of drug-likeness (QED) is 0.554. The average molecular weight is 406 g/mol. The number of likely N-dealkylation sites (tertiary alicyclic amines) is 1. The molecule has 1 atom stereocenters. The molecule has 0 bridgehead atoms. The van der Waals surface area contributed by atoms with Crippen LogP contribution < -0.4 is 5.32 Å². The molecule has 3 heterocycles. The molecule has 1 fully saturated rings. The molecular weight excluding hydrogens is 380 g/mol. The monoisotopic (exact) mass is 406 g/mol. The average Bonchev–Trinajstić information content (AvgIpc) is 3.27. The zero-order valence-electron chi connectivity index (χ0n) is 17.0. The third kappa shape index (κ3) is 4.33. The number of para-hydroxylation sites is 1. The fourth-order valence-corrected chi connectivity index (χ4v) is 3.91. The van der Waals surface area contributed by atoms with Crippen molar-refractivity contribution in [3.8, 4) is 11.4 Å². The van der Waals surface area contributed by atoms with E-state index in [-0.39, 0.29) is 5.92 Å². The number of aromatic nitrogens is 4. The molecule has 0 saturated carbocycles. The highest BCUT2D eigenvalue weighted by molar-refractivity contribution is 5.69. The summed E-state index contributed by atoms with van der Waals surface area (Å²) < 4.78 is 0. The van der Waals surface area contributed by atoms with Gasteiger partial charge in [0.15, 0.2) is 11.6 Å². The minimum absolute atomic E-state index is 0.386. The molecule has 1 aliphatic heterocycles. The van der Waals surface area contributed by atoms with Crippen LogP contribution in [0, 0.1) is 5.92 Å². The first kappa shape index (κ1) is 20.0. The van der Waals surface area contributed by atoms with Crippen LogP contribution >= 0.6 is 0 Å². The summed E-state index contributed by atoms with van der Waals surface area (Å²) in [5.74, 6) is 0.294. The summed E-state index contributed by atoms with van der Waals surface area (Å²) in [7, 11) is 0. The molecule has 2 aromatic heterocycles. The summed E-state index contributed by atoms with van der Waals surface area (Å²) in [4.78, 5) is 22.3. The van der Waals surface area contributed by atoms with Crippen molar-refractivity contribution in [3.05, 3.63) is 60.7 Å². The predicted octanol–water partition coefficient (Wildman–Crippen LogP) is 2.99. The van der Waals surface area contributed by atoms with E-state index in [2.05, 4.69) is 25.4 Å².